The predicted octanol–water partition coefficient (Wildman–Crippen LogP) is 3.11. The van der Waals surface area contributed by atoms with Gasteiger partial charge in [-0.05, 0) is 63.2 Å². The third kappa shape index (κ3) is 3.88. The molecule has 1 aromatic carbocycles. The number of anilines is 1. The van der Waals surface area contributed by atoms with Gasteiger partial charge < -0.3 is 16.0 Å². The molecular weight excluding hydrogens is 296 g/mol. The topological polar surface area (TPSA) is 54.2 Å². The molecule has 0 spiro atoms. The first kappa shape index (κ1) is 15.5. The molecule has 1 fully saturated rings. The number of benzene rings is 1. The number of aromatic nitrogens is 1. The summed E-state index contributed by atoms with van der Waals surface area (Å²) in [6, 6.07) is 8.27. The van der Waals surface area contributed by atoms with Gasteiger partial charge in [-0.1, -0.05) is 11.6 Å². The average molecular weight is 319 g/mol. The van der Waals surface area contributed by atoms with Crippen molar-refractivity contribution in [3.05, 3.63) is 35.5 Å². The molecule has 4 nitrogen and oxygen atoms in total. The van der Waals surface area contributed by atoms with Gasteiger partial charge in [0.25, 0.3) is 0 Å². The van der Waals surface area contributed by atoms with Crippen molar-refractivity contribution in [2.75, 3.05) is 31.5 Å². The Morgan fingerprint density at radius 2 is 2.09 bits per heavy atom. The number of hydrogen-bond donors (Lipinski definition) is 2. The quantitative estimate of drug-likeness (QED) is 0.832. The number of rotatable bonds is 5. The van der Waals surface area contributed by atoms with Crippen LogP contribution in [0.3, 0.4) is 0 Å². The minimum Gasteiger partial charge on any atom is -0.384 e. The molecule has 3 rings (SSSR count). The van der Waals surface area contributed by atoms with E-state index in [1.165, 1.54) is 0 Å². The number of piperidine rings is 1. The van der Waals surface area contributed by atoms with Crippen LogP contribution in [0, 0.1) is 0 Å². The van der Waals surface area contributed by atoms with Crippen LogP contribution in [0.2, 0.25) is 5.02 Å². The summed E-state index contributed by atoms with van der Waals surface area (Å²) < 4.78 is 0. The normalized spacial score (nSPS) is 17.0. The molecule has 5 heteroatoms. The van der Waals surface area contributed by atoms with E-state index in [9.17, 15) is 0 Å². The SMILES string of the molecule is NC1CCN(CCCNc2ccnc3cc(Cl)ccc23)CC1. The fourth-order valence-electron chi connectivity index (χ4n) is 2.98. The van der Waals surface area contributed by atoms with Crippen molar-refractivity contribution in [1.29, 1.82) is 0 Å². The van der Waals surface area contributed by atoms with Crippen LogP contribution < -0.4 is 11.1 Å². The van der Waals surface area contributed by atoms with Gasteiger partial charge in [0, 0.05) is 34.9 Å². The number of nitrogens with two attached hydrogens (primary N) is 1. The molecule has 22 heavy (non-hydrogen) atoms. The van der Waals surface area contributed by atoms with Gasteiger partial charge in [-0.3, -0.25) is 4.98 Å². The lowest BCUT2D eigenvalue weighted by Gasteiger charge is -2.30. The Bertz CT molecular complexity index is 623. The van der Waals surface area contributed by atoms with Crippen molar-refractivity contribution in [2.24, 2.45) is 5.73 Å². The van der Waals surface area contributed by atoms with E-state index in [-0.39, 0.29) is 0 Å². The molecule has 2 aromatic rings. The van der Waals surface area contributed by atoms with Crippen molar-refractivity contribution < 1.29 is 0 Å². The molecule has 0 aliphatic carbocycles. The van der Waals surface area contributed by atoms with E-state index in [1.54, 1.807) is 0 Å². The molecule has 1 aliphatic heterocycles. The maximum Gasteiger partial charge on any atom is 0.0737 e. The van der Waals surface area contributed by atoms with E-state index in [4.69, 9.17) is 17.3 Å². The van der Waals surface area contributed by atoms with E-state index < -0.39 is 0 Å². The fraction of sp³-hybridized carbons (Fsp3) is 0.471. The summed E-state index contributed by atoms with van der Waals surface area (Å²) in [5.41, 5.74) is 8.00. The Morgan fingerprint density at radius 3 is 2.91 bits per heavy atom. The number of halogens is 1. The first-order valence-corrected chi connectivity index (χ1v) is 8.36. The van der Waals surface area contributed by atoms with Crippen LogP contribution in [-0.2, 0) is 0 Å². The molecule has 1 aliphatic rings. The van der Waals surface area contributed by atoms with Gasteiger partial charge in [0.15, 0.2) is 0 Å². The second kappa shape index (κ2) is 7.27. The standard InChI is InChI=1S/C17H23ClN4/c18-13-2-3-15-16(4-8-21-17(15)12-13)20-7-1-9-22-10-5-14(19)6-11-22/h2-4,8,12,14H,1,5-7,9-11,19H2,(H,20,21). The summed E-state index contributed by atoms with van der Waals surface area (Å²) in [4.78, 5) is 6.88. The predicted molar refractivity (Wildman–Crippen MR) is 93.5 cm³/mol. The highest BCUT2D eigenvalue weighted by Gasteiger charge is 2.15. The van der Waals surface area contributed by atoms with Crippen LogP contribution >= 0.6 is 11.6 Å². The summed E-state index contributed by atoms with van der Waals surface area (Å²) in [7, 11) is 0. The highest BCUT2D eigenvalue weighted by atomic mass is 35.5. The third-order valence-electron chi connectivity index (χ3n) is 4.30. The Labute approximate surface area is 136 Å². The largest absolute Gasteiger partial charge is 0.384 e. The van der Waals surface area contributed by atoms with Crippen molar-refractivity contribution >= 4 is 28.2 Å². The first-order valence-electron chi connectivity index (χ1n) is 7.98. The van der Waals surface area contributed by atoms with Crippen molar-refractivity contribution in [3.8, 4) is 0 Å². The molecule has 0 amide bonds. The minimum atomic E-state index is 0.407. The fourth-order valence-corrected chi connectivity index (χ4v) is 3.14. The molecule has 0 radical (unpaired) electrons. The molecule has 1 aromatic heterocycles. The summed E-state index contributed by atoms with van der Waals surface area (Å²) in [6.45, 7) is 4.37. The minimum absolute atomic E-state index is 0.407. The highest BCUT2D eigenvalue weighted by Crippen LogP contribution is 2.24. The Morgan fingerprint density at radius 1 is 1.27 bits per heavy atom. The summed E-state index contributed by atoms with van der Waals surface area (Å²) in [5, 5.41) is 5.36. The first-order chi connectivity index (χ1) is 10.7. The number of fused-ring (bicyclic) bond motifs is 1. The van der Waals surface area contributed by atoms with Crippen LogP contribution in [0.25, 0.3) is 10.9 Å². The zero-order chi connectivity index (χ0) is 15.4. The molecular formula is C17H23ClN4. The number of likely N-dealkylation sites (tertiary alicyclic amines) is 1. The number of nitrogens with zero attached hydrogens (tertiary/aromatic N) is 2. The van der Waals surface area contributed by atoms with Gasteiger partial charge in [0.2, 0.25) is 0 Å². The Balaban J connectivity index is 1.51. The highest BCUT2D eigenvalue weighted by molar-refractivity contribution is 6.31. The molecule has 2 heterocycles. The van der Waals surface area contributed by atoms with Crippen LogP contribution in [0.15, 0.2) is 30.5 Å². The van der Waals surface area contributed by atoms with E-state index in [1.807, 2.05) is 30.5 Å². The Hall–Kier alpha value is -1.36. The van der Waals surface area contributed by atoms with Crippen LogP contribution in [0.4, 0.5) is 5.69 Å². The van der Waals surface area contributed by atoms with Crippen LogP contribution in [0.1, 0.15) is 19.3 Å². The average Bonchev–Trinajstić information content (AvgIpc) is 2.53. The van der Waals surface area contributed by atoms with Gasteiger partial charge in [-0.25, -0.2) is 0 Å². The molecule has 0 unspecified atom stereocenters. The van der Waals surface area contributed by atoms with Gasteiger partial charge in [-0.15, -0.1) is 0 Å². The van der Waals surface area contributed by atoms with Crippen molar-refractivity contribution in [1.82, 2.24) is 9.88 Å². The zero-order valence-electron chi connectivity index (χ0n) is 12.8. The Kier molecular flexibility index (Phi) is 5.13. The van der Waals surface area contributed by atoms with Gasteiger partial charge in [-0.2, -0.15) is 0 Å². The maximum atomic E-state index is 6.02. The molecule has 0 bridgehead atoms. The smallest absolute Gasteiger partial charge is 0.0737 e. The lowest BCUT2D eigenvalue weighted by Crippen LogP contribution is -2.40. The monoisotopic (exact) mass is 318 g/mol. The summed E-state index contributed by atoms with van der Waals surface area (Å²) >= 11 is 6.02. The van der Waals surface area contributed by atoms with E-state index in [0.29, 0.717) is 6.04 Å². The third-order valence-corrected chi connectivity index (χ3v) is 4.54. The molecule has 0 saturated carbocycles. The lowest BCUT2D eigenvalue weighted by atomic mass is 10.1. The van der Waals surface area contributed by atoms with Crippen LogP contribution in [0.5, 0.6) is 0 Å². The zero-order valence-corrected chi connectivity index (χ0v) is 13.5. The van der Waals surface area contributed by atoms with Crippen LogP contribution in [-0.4, -0.2) is 42.1 Å². The van der Waals surface area contributed by atoms with E-state index in [2.05, 4.69) is 15.2 Å². The van der Waals surface area contributed by atoms with Gasteiger partial charge >= 0.3 is 0 Å². The van der Waals surface area contributed by atoms with Crippen molar-refractivity contribution in [3.63, 3.8) is 0 Å². The van der Waals surface area contributed by atoms with E-state index in [0.717, 1.165) is 67.1 Å². The summed E-state index contributed by atoms with van der Waals surface area (Å²) in [5.74, 6) is 0. The van der Waals surface area contributed by atoms with E-state index >= 15 is 0 Å². The maximum absolute atomic E-state index is 6.02. The number of hydrogen-bond acceptors (Lipinski definition) is 4. The molecule has 118 valence electrons. The van der Waals surface area contributed by atoms with Crippen molar-refractivity contribution in [2.45, 2.75) is 25.3 Å². The number of nitrogens with one attached hydrogen (secondary N) is 1. The second-order valence-electron chi connectivity index (χ2n) is 5.98. The van der Waals surface area contributed by atoms with Gasteiger partial charge in [0.05, 0.1) is 5.52 Å². The summed E-state index contributed by atoms with van der Waals surface area (Å²) in [6.07, 6.45) is 5.21. The number of pyridine rings is 1. The van der Waals surface area contributed by atoms with Gasteiger partial charge in [0.1, 0.15) is 0 Å². The second-order valence-corrected chi connectivity index (χ2v) is 6.42. The lowest BCUT2D eigenvalue weighted by molar-refractivity contribution is 0.213. The molecule has 0 atom stereocenters. The molecule has 3 N–H and O–H groups in total. The molecule has 1 saturated heterocycles.